The number of carbonyl (C=O) groups excluding carboxylic acids is 1. The number of benzene rings is 1. The van der Waals surface area contributed by atoms with Gasteiger partial charge in [-0.25, -0.2) is 8.42 Å². The number of thiophene rings is 1. The third-order valence-electron chi connectivity index (χ3n) is 4.28. The molecule has 0 atom stereocenters. The zero-order valence-electron chi connectivity index (χ0n) is 14.8. The highest BCUT2D eigenvalue weighted by Crippen LogP contribution is 2.32. The van der Waals surface area contributed by atoms with Crippen molar-refractivity contribution in [3.63, 3.8) is 0 Å². The van der Waals surface area contributed by atoms with Crippen LogP contribution < -0.4 is 9.62 Å². The molecule has 0 saturated carbocycles. The average molecular weight is 395 g/mol. The summed E-state index contributed by atoms with van der Waals surface area (Å²) in [7, 11) is -2.15. The highest BCUT2D eigenvalue weighted by molar-refractivity contribution is 7.94. The predicted octanol–water partition coefficient (Wildman–Crippen LogP) is 3.04. The van der Waals surface area contributed by atoms with Gasteiger partial charge < -0.3 is 9.64 Å². The van der Waals surface area contributed by atoms with E-state index in [-0.39, 0.29) is 12.5 Å². The molecular weight excluding hydrogens is 372 g/mol. The lowest BCUT2D eigenvalue weighted by atomic mass is 10.0. The Hall–Kier alpha value is -1.90. The minimum atomic E-state index is -3.64. The van der Waals surface area contributed by atoms with E-state index in [0.717, 1.165) is 35.4 Å². The number of carbonyl (C=O) groups is 1. The number of methoxy groups -OCH3 is 1. The Morgan fingerprint density at radius 2 is 2.12 bits per heavy atom. The van der Waals surface area contributed by atoms with Crippen molar-refractivity contribution >= 4 is 38.6 Å². The van der Waals surface area contributed by atoms with E-state index >= 15 is 0 Å². The van der Waals surface area contributed by atoms with Gasteiger partial charge in [0.1, 0.15) is 10.8 Å². The fourth-order valence-corrected chi connectivity index (χ4v) is 5.34. The second-order valence-electron chi connectivity index (χ2n) is 6.11. The molecule has 8 heteroatoms. The molecule has 2 heterocycles. The summed E-state index contributed by atoms with van der Waals surface area (Å²) < 4.78 is 33.1. The van der Waals surface area contributed by atoms with E-state index in [0.29, 0.717) is 16.4 Å². The van der Waals surface area contributed by atoms with E-state index < -0.39 is 10.0 Å². The molecule has 0 fully saturated rings. The van der Waals surface area contributed by atoms with Crippen LogP contribution in [0.5, 0.6) is 0 Å². The number of anilines is 2. The molecule has 26 heavy (non-hydrogen) atoms. The number of hydrogen-bond donors (Lipinski definition) is 1. The molecule has 1 aromatic heterocycles. The van der Waals surface area contributed by atoms with E-state index in [1.807, 2.05) is 19.1 Å². The molecular formula is C18H22N2O4S2. The van der Waals surface area contributed by atoms with Crippen molar-refractivity contribution < 1.29 is 17.9 Å². The summed E-state index contributed by atoms with van der Waals surface area (Å²) in [6, 6.07) is 8.81. The molecule has 0 unspecified atom stereocenters. The molecule has 0 bridgehead atoms. The van der Waals surface area contributed by atoms with E-state index in [1.165, 1.54) is 18.4 Å². The van der Waals surface area contributed by atoms with Gasteiger partial charge in [-0.05, 0) is 49.1 Å². The Kier molecular flexibility index (Phi) is 5.64. The number of fused-ring (bicyclic) bond motifs is 1. The molecule has 1 aromatic carbocycles. The van der Waals surface area contributed by atoms with Crippen LogP contribution in [0.25, 0.3) is 0 Å². The van der Waals surface area contributed by atoms with Crippen LogP contribution in [0.4, 0.5) is 11.4 Å². The number of ether oxygens (including phenoxy) is 1. The first-order chi connectivity index (χ1) is 12.4. The zero-order valence-corrected chi connectivity index (χ0v) is 16.5. The summed E-state index contributed by atoms with van der Waals surface area (Å²) in [4.78, 5) is 15.0. The van der Waals surface area contributed by atoms with Crippen LogP contribution in [0.1, 0.15) is 23.8 Å². The summed E-state index contributed by atoms with van der Waals surface area (Å²) in [5.41, 5.74) is 2.24. The maximum absolute atomic E-state index is 12.6. The molecule has 1 amide bonds. The van der Waals surface area contributed by atoms with Crippen LogP contribution in [-0.2, 0) is 32.4 Å². The third-order valence-corrected chi connectivity index (χ3v) is 7.38. The lowest BCUT2D eigenvalue weighted by Gasteiger charge is -2.29. The van der Waals surface area contributed by atoms with Gasteiger partial charge in [0.15, 0.2) is 0 Å². The Bertz CT molecular complexity index is 906. The van der Waals surface area contributed by atoms with Crippen molar-refractivity contribution in [2.45, 2.75) is 30.4 Å². The lowest BCUT2D eigenvalue weighted by Crippen LogP contribution is -2.37. The summed E-state index contributed by atoms with van der Waals surface area (Å²) in [6.07, 6.45) is 2.54. The van der Waals surface area contributed by atoms with Crippen molar-refractivity contribution in [1.29, 1.82) is 0 Å². The van der Waals surface area contributed by atoms with E-state index in [2.05, 4.69) is 4.72 Å². The Labute approximate surface area is 157 Å². The number of aryl methyl sites for hydroxylation is 2. The number of amides is 1. The van der Waals surface area contributed by atoms with Crippen LogP contribution in [0.15, 0.2) is 34.5 Å². The first-order valence-corrected chi connectivity index (χ1v) is 10.8. The van der Waals surface area contributed by atoms with Crippen molar-refractivity contribution in [1.82, 2.24) is 0 Å². The number of rotatable bonds is 6. The lowest BCUT2D eigenvalue weighted by molar-refractivity contribution is -0.122. The average Bonchev–Trinajstić information content (AvgIpc) is 3.11. The third kappa shape index (κ3) is 3.92. The molecule has 0 saturated heterocycles. The number of nitrogens with zero attached hydrogens (tertiary/aromatic N) is 1. The SMILES string of the molecule is CCc1ccc(S(=O)(=O)Nc2ccc3c(c2)N(C(=O)COC)CCC3)s1. The molecule has 3 rings (SSSR count). The highest BCUT2D eigenvalue weighted by atomic mass is 32.2. The largest absolute Gasteiger partial charge is 0.375 e. The number of sulfonamides is 1. The van der Waals surface area contributed by atoms with Gasteiger partial charge in [0.2, 0.25) is 0 Å². The van der Waals surface area contributed by atoms with Crippen molar-refractivity contribution in [3.05, 3.63) is 40.8 Å². The zero-order chi connectivity index (χ0) is 18.7. The maximum Gasteiger partial charge on any atom is 0.271 e. The fraction of sp³-hybridized carbons (Fsp3) is 0.389. The second-order valence-corrected chi connectivity index (χ2v) is 9.18. The van der Waals surface area contributed by atoms with Crippen LogP contribution in [-0.4, -0.2) is 34.6 Å². The molecule has 1 aliphatic heterocycles. The van der Waals surface area contributed by atoms with Gasteiger partial charge in [0, 0.05) is 24.2 Å². The van der Waals surface area contributed by atoms with E-state index in [4.69, 9.17) is 4.74 Å². The standard InChI is InChI=1S/C18H22N2O4S2/c1-3-15-8-9-18(25-15)26(22,23)19-14-7-6-13-5-4-10-20(16(13)11-14)17(21)12-24-2/h6-9,11,19H,3-5,10,12H2,1-2H3. The fourth-order valence-electron chi connectivity index (χ4n) is 3.00. The maximum atomic E-state index is 12.6. The van der Waals surface area contributed by atoms with Gasteiger partial charge in [-0.3, -0.25) is 9.52 Å². The smallest absolute Gasteiger partial charge is 0.271 e. The van der Waals surface area contributed by atoms with Gasteiger partial charge in [0.05, 0.1) is 5.69 Å². The number of nitrogens with one attached hydrogen (secondary N) is 1. The summed E-state index contributed by atoms with van der Waals surface area (Å²) >= 11 is 1.27. The summed E-state index contributed by atoms with van der Waals surface area (Å²) in [5, 5.41) is 0. The Morgan fingerprint density at radius 3 is 2.81 bits per heavy atom. The van der Waals surface area contributed by atoms with E-state index in [1.54, 1.807) is 23.1 Å². The van der Waals surface area contributed by atoms with Crippen molar-refractivity contribution in [2.75, 3.05) is 29.9 Å². The van der Waals surface area contributed by atoms with Crippen LogP contribution in [0, 0.1) is 0 Å². The van der Waals surface area contributed by atoms with Gasteiger partial charge in [-0.15, -0.1) is 11.3 Å². The van der Waals surface area contributed by atoms with Crippen LogP contribution in [0.2, 0.25) is 0 Å². The molecule has 2 aromatic rings. The molecule has 0 spiro atoms. The topological polar surface area (TPSA) is 75.7 Å². The first-order valence-electron chi connectivity index (χ1n) is 8.48. The molecule has 1 N–H and O–H groups in total. The molecule has 0 aliphatic carbocycles. The van der Waals surface area contributed by atoms with Gasteiger partial charge in [0.25, 0.3) is 15.9 Å². The van der Waals surface area contributed by atoms with E-state index in [9.17, 15) is 13.2 Å². The quantitative estimate of drug-likeness (QED) is 0.817. The molecule has 140 valence electrons. The summed E-state index contributed by atoms with van der Waals surface area (Å²) in [6.45, 7) is 2.60. The van der Waals surface area contributed by atoms with Gasteiger partial charge in [-0.1, -0.05) is 13.0 Å². The normalized spacial score (nSPS) is 14.2. The minimum absolute atomic E-state index is 0.00435. The second kappa shape index (κ2) is 7.77. The Morgan fingerprint density at radius 1 is 1.31 bits per heavy atom. The number of hydrogen-bond acceptors (Lipinski definition) is 5. The van der Waals surface area contributed by atoms with Crippen LogP contribution >= 0.6 is 11.3 Å². The minimum Gasteiger partial charge on any atom is -0.375 e. The van der Waals surface area contributed by atoms with Crippen molar-refractivity contribution in [2.24, 2.45) is 0 Å². The van der Waals surface area contributed by atoms with Gasteiger partial charge in [-0.2, -0.15) is 0 Å². The highest BCUT2D eigenvalue weighted by Gasteiger charge is 2.24. The molecule has 1 aliphatic rings. The Balaban J connectivity index is 1.88. The van der Waals surface area contributed by atoms with Crippen molar-refractivity contribution in [3.8, 4) is 0 Å². The molecule has 0 radical (unpaired) electrons. The predicted molar refractivity (Wildman–Crippen MR) is 103 cm³/mol. The molecule has 6 nitrogen and oxygen atoms in total. The van der Waals surface area contributed by atoms with Gasteiger partial charge >= 0.3 is 0 Å². The summed E-state index contributed by atoms with van der Waals surface area (Å²) in [5.74, 6) is -0.126. The van der Waals surface area contributed by atoms with Crippen LogP contribution in [0.3, 0.4) is 0 Å². The first kappa shape index (κ1) is 18.9. The monoisotopic (exact) mass is 394 g/mol.